The molecule has 5 heteroatoms. The van der Waals surface area contributed by atoms with Crippen molar-refractivity contribution in [3.63, 3.8) is 0 Å². The van der Waals surface area contributed by atoms with E-state index < -0.39 is 5.82 Å². The number of nitrogens with one attached hydrogen (secondary N) is 1. The summed E-state index contributed by atoms with van der Waals surface area (Å²) in [5.41, 5.74) is 0.0771. The van der Waals surface area contributed by atoms with Gasteiger partial charge in [-0.3, -0.25) is 4.79 Å². The number of hydrogen-bond donors (Lipinski definition) is 1. The molecule has 0 heterocycles. The van der Waals surface area contributed by atoms with Gasteiger partial charge < -0.3 is 5.32 Å². The summed E-state index contributed by atoms with van der Waals surface area (Å²) in [5.74, 6) is -0.0556. The van der Waals surface area contributed by atoms with Crippen LogP contribution < -0.4 is 5.32 Å². The number of amides is 1. The second kappa shape index (κ2) is 6.71. The summed E-state index contributed by atoms with van der Waals surface area (Å²) in [5, 5.41) is 2.92. The van der Waals surface area contributed by atoms with Crippen LogP contribution in [0.2, 0.25) is 0 Å². The van der Waals surface area contributed by atoms with Gasteiger partial charge in [0, 0.05) is 11.9 Å². The van der Waals surface area contributed by atoms with E-state index in [1.807, 2.05) is 0 Å². The van der Waals surface area contributed by atoms with Crippen LogP contribution in [0.5, 0.6) is 0 Å². The summed E-state index contributed by atoms with van der Waals surface area (Å²) in [6.45, 7) is 0. The maximum Gasteiger partial charge on any atom is 0.254 e. The minimum absolute atomic E-state index is 0.0529. The third-order valence-corrected chi connectivity index (χ3v) is 4.63. The molecule has 0 aromatic heterocycles. The summed E-state index contributed by atoms with van der Waals surface area (Å²) < 4.78 is 14.2. The first kappa shape index (κ1) is 14.8. The highest BCUT2D eigenvalue weighted by Crippen LogP contribution is 2.26. The third-order valence-electron chi connectivity index (χ3n) is 3.62. The van der Waals surface area contributed by atoms with Crippen molar-refractivity contribution in [1.29, 1.82) is 0 Å². The van der Waals surface area contributed by atoms with Crippen molar-refractivity contribution < 1.29 is 9.18 Å². The molecular formula is C14H16BrClFNO. The Morgan fingerprint density at radius 1 is 1.42 bits per heavy atom. The normalized spacial score (nSPS) is 23.1. The largest absolute Gasteiger partial charge is 0.349 e. The fraction of sp³-hybridized carbons (Fsp3) is 0.500. The van der Waals surface area contributed by atoms with Crippen molar-refractivity contribution in [3.05, 3.63) is 34.1 Å². The Kier molecular flexibility index (Phi) is 5.22. The second-order valence-corrected chi connectivity index (χ2v) is 6.04. The van der Waals surface area contributed by atoms with Gasteiger partial charge in [0.25, 0.3) is 5.91 Å². The number of alkyl halides is 1. The predicted octanol–water partition coefficient (Wildman–Crippen LogP) is 4.12. The molecule has 1 aromatic carbocycles. The molecule has 1 aromatic rings. The van der Waals surface area contributed by atoms with Gasteiger partial charge in [0.05, 0.1) is 10.0 Å². The Labute approximate surface area is 125 Å². The molecule has 2 rings (SSSR count). The lowest BCUT2D eigenvalue weighted by Gasteiger charge is -2.30. The zero-order valence-electron chi connectivity index (χ0n) is 10.5. The van der Waals surface area contributed by atoms with Gasteiger partial charge in [-0.25, -0.2) is 4.39 Å². The molecule has 2 nitrogen and oxygen atoms in total. The van der Waals surface area contributed by atoms with Crippen LogP contribution in [0.15, 0.2) is 22.7 Å². The van der Waals surface area contributed by atoms with Crippen molar-refractivity contribution in [2.24, 2.45) is 5.92 Å². The molecule has 1 amide bonds. The van der Waals surface area contributed by atoms with Gasteiger partial charge in [-0.15, -0.1) is 11.6 Å². The predicted molar refractivity (Wildman–Crippen MR) is 78.0 cm³/mol. The smallest absolute Gasteiger partial charge is 0.254 e. The average Bonchev–Trinajstić information content (AvgIpc) is 2.42. The van der Waals surface area contributed by atoms with Gasteiger partial charge >= 0.3 is 0 Å². The van der Waals surface area contributed by atoms with Crippen molar-refractivity contribution >= 4 is 33.4 Å². The van der Waals surface area contributed by atoms with E-state index in [9.17, 15) is 9.18 Å². The van der Waals surface area contributed by atoms with E-state index in [0.29, 0.717) is 10.4 Å². The fourth-order valence-corrected chi connectivity index (χ4v) is 3.24. The highest BCUT2D eigenvalue weighted by Gasteiger charge is 2.27. The molecule has 0 saturated heterocycles. The van der Waals surface area contributed by atoms with E-state index in [1.54, 1.807) is 12.1 Å². The monoisotopic (exact) mass is 347 g/mol. The van der Waals surface area contributed by atoms with Crippen molar-refractivity contribution in [2.75, 3.05) is 5.88 Å². The first-order valence-electron chi connectivity index (χ1n) is 6.44. The van der Waals surface area contributed by atoms with E-state index in [-0.39, 0.29) is 23.4 Å². The molecule has 1 saturated carbocycles. The SMILES string of the molecule is O=C(NC1CCCCC1CCl)c1cccc(Br)c1F. The first-order chi connectivity index (χ1) is 9.13. The molecule has 104 valence electrons. The number of rotatable bonds is 3. The van der Waals surface area contributed by atoms with Crippen LogP contribution in [-0.2, 0) is 0 Å². The van der Waals surface area contributed by atoms with Crippen LogP contribution in [0.4, 0.5) is 4.39 Å². The van der Waals surface area contributed by atoms with Crippen molar-refractivity contribution in [3.8, 4) is 0 Å². The van der Waals surface area contributed by atoms with E-state index in [0.717, 1.165) is 25.7 Å². The summed E-state index contributed by atoms with van der Waals surface area (Å²) >= 11 is 9.02. The number of benzene rings is 1. The third kappa shape index (κ3) is 3.48. The summed E-state index contributed by atoms with van der Waals surface area (Å²) in [4.78, 5) is 12.1. The quantitative estimate of drug-likeness (QED) is 0.818. The minimum Gasteiger partial charge on any atom is -0.349 e. The molecule has 1 aliphatic rings. The molecule has 0 bridgehead atoms. The Morgan fingerprint density at radius 3 is 2.89 bits per heavy atom. The molecule has 1 fully saturated rings. The first-order valence-corrected chi connectivity index (χ1v) is 7.77. The Bertz CT molecular complexity index is 469. The standard InChI is InChI=1S/C14H16BrClFNO/c15-11-6-3-5-10(13(11)17)14(19)18-12-7-2-1-4-9(12)8-16/h3,5-6,9,12H,1-2,4,7-8H2,(H,18,19). The van der Waals surface area contributed by atoms with Crippen molar-refractivity contribution in [1.82, 2.24) is 5.32 Å². The average molecular weight is 349 g/mol. The van der Waals surface area contributed by atoms with Crippen LogP contribution in [-0.4, -0.2) is 17.8 Å². The number of carbonyl (C=O) groups excluding carboxylic acids is 1. The van der Waals surface area contributed by atoms with E-state index in [4.69, 9.17) is 11.6 Å². The lowest BCUT2D eigenvalue weighted by molar-refractivity contribution is 0.0907. The summed E-state index contributed by atoms with van der Waals surface area (Å²) in [6, 6.07) is 4.78. The molecule has 0 aliphatic heterocycles. The van der Waals surface area contributed by atoms with Gasteiger partial charge in [-0.2, -0.15) is 0 Å². The van der Waals surface area contributed by atoms with E-state index >= 15 is 0 Å². The zero-order chi connectivity index (χ0) is 13.8. The maximum absolute atomic E-state index is 13.9. The fourth-order valence-electron chi connectivity index (χ4n) is 2.51. The van der Waals surface area contributed by atoms with Crippen LogP contribution in [0, 0.1) is 11.7 Å². The molecule has 1 N–H and O–H groups in total. The van der Waals surface area contributed by atoms with Gasteiger partial charge in [0.2, 0.25) is 0 Å². The highest BCUT2D eigenvalue weighted by atomic mass is 79.9. The lowest BCUT2D eigenvalue weighted by atomic mass is 9.85. The molecule has 19 heavy (non-hydrogen) atoms. The molecule has 0 spiro atoms. The second-order valence-electron chi connectivity index (χ2n) is 4.88. The van der Waals surface area contributed by atoms with Gasteiger partial charge in [-0.1, -0.05) is 18.9 Å². The maximum atomic E-state index is 13.9. The Hall–Kier alpha value is -0.610. The summed E-state index contributed by atoms with van der Waals surface area (Å²) in [7, 11) is 0. The van der Waals surface area contributed by atoms with E-state index in [1.165, 1.54) is 6.07 Å². The molecular weight excluding hydrogens is 333 g/mol. The van der Waals surface area contributed by atoms with Crippen LogP contribution >= 0.6 is 27.5 Å². The topological polar surface area (TPSA) is 29.1 Å². The van der Waals surface area contributed by atoms with Crippen molar-refractivity contribution in [2.45, 2.75) is 31.7 Å². The summed E-state index contributed by atoms with van der Waals surface area (Å²) in [6.07, 6.45) is 4.17. The Morgan fingerprint density at radius 2 is 2.16 bits per heavy atom. The number of halogens is 3. The van der Waals surface area contributed by atoms with Gasteiger partial charge in [-0.05, 0) is 46.8 Å². The highest BCUT2D eigenvalue weighted by molar-refractivity contribution is 9.10. The minimum atomic E-state index is -0.516. The van der Waals surface area contributed by atoms with Gasteiger partial charge in [0.1, 0.15) is 5.82 Å². The molecule has 0 radical (unpaired) electrons. The number of hydrogen-bond acceptors (Lipinski definition) is 1. The lowest BCUT2D eigenvalue weighted by Crippen LogP contribution is -2.43. The Balaban J connectivity index is 2.09. The van der Waals surface area contributed by atoms with Gasteiger partial charge in [0.15, 0.2) is 0 Å². The zero-order valence-corrected chi connectivity index (χ0v) is 12.8. The van der Waals surface area contributed by atoms with Crippen LogP contribution in [0.25, 0.3) is 0 Å². The van der Waals surface area contributed by atoms with E-state index in [2.05, 4.69) is 21.2 Å². The molecule has 2 atom stereocenters. The van der Waals surface area contributed by atoms with Crippen LogP contribution in [0.1, 0.15) is 36.0 Å². The molecule has 1 aliphatic carbocycles. The molecule has 2 unspecified atom stereocenters. The number of carbonyl (C=O) groups is 1. The van der Waals surface area contributed by atoms with Crippen LogP contribution in [0.3, 0.4) is 0 Å².